The minimum atomic E-state index is -3.40. The van der Waals surface area contributed by atoms with Crippen molar-refractivity contribution in [1.29, 1.82) is 0 Å². The molecule has 2 N–H and O–H groups in total. The monoisotopic (exact) mass is 461 g/mol. The minimum absolute atomic E-state index is 0. The van der Waals surface area contributed by atoms with Crippen LogP contribution >= 0.6 is 12.4 Å². The van der Waals surface area contributed by atoms with Gasteiger partial charge in [0, 0.05) is 23.7 Å². The van der Waals surface area contributed by atoms with Crippen molar-refractivity contribution in [2.75, 3.05) is 6.26 Å². The number of halogens is 4. The predicted molar refractivity (Wildman–Crippen MR) is 111 cm³/mol. The molecule has 30 heavy (non-hydrogen) atoms. The van der Waals surface area contributed by atoms with Gasteiger partial charge in [0.05, 0.1) is 11.9 Å². The van der Waals surface area contributed by atoms with Crippen LogP contribution in [0.2, 0.25) is 0 Å². The molecule has 164 valence electrons. The van der Waals surface area contributed by atoms with Crippen molar-refractivity contribution in [1.82, 2.24) is 15.0 Å². The van der Waals surface area contributed by atoms with E-state index in [0.29, 0.717) is 11.6 Å². The summed E-state index contributed by atoms with van der Waals surface area (Å²) in [5.41, 5.74) is 0.288. The van der Waals surface area contributed by atoms with Crippen LogP contribution in [0.4, 0.5) is 13.2 Å². The number of sulfonamides is 1. The van der Waals surface area contributed by atoms with Gasteiger partial charge in [-0.05, 0) is 48.9 Å². The molecule has 0 spiro atoms. The SMILES string of the molecule is CS(=O)(=O)N[C@H]1C2CC(C2)N[C@H]1Cc1cccc(-c2cccc(C(F)F)n2)c1F.Cl. The molecular formula is C20H23ClF3N3O2S. The Morgan fingerprint density at radius 2 is 1.90 bits per heavy atom. The van der Waals surface area contributed by atoms with Crippen molar-refractivity contribution in [3.05, 3.63) is 53.5 Å². The van der Waals surface area contributed by atoms with Crippen LogP contribution < -0.4 is 10.0 Å². The van der Waals surface area contributed by atoms with Crippen LogP contribution in [0, 0.1) is 11.7 Å². The first-order chi connectivity index (χ1) is 13.7. The van der Waals surface area contributed by atoms with Crippen LogP contribution in [0.3, 0.4) is 0 Å². The molecular weight excluding hydrogens is 439 g/mol. The Labute approximate surface area is 179 Å². The zero-order chi connectivity index (χ0) is 20.8. The maximum atomic E-state index is 15.2. The normalized spacial score (nSPS) is 25.5. The standard InChI is InChI=1S/C20H22F3N3O2S.ClH/c1-29(27,28)26-19-12-8-13(9-12)24-17(19)10-11-4-2-5-14(18(11)21)15-6-3-7-16(25-15)20(22)23;/h2-7,12-13,17,19-20,24,26H,8-10H2,1H3;1H/t12?,13?,17-,19-;/m0./s1. The van der Waals surface area contributed by atoms with E-state index in [4.69, 9.17) is 0 Å². The Morgan fingerprint density at radius 3 is 2.57 bits per heavy atom. The van der Waals surface area contributed by atoms with Crippen LogP contribution in [0.5, 0.6) is 0 Å². The topological polar surface area (TPSA) is 71.1 Å². The molecule has 2 aromatic rings. The maximum Gasteiger partial charge on any atom is 0.280 e. The summed E-state index contributed by atoms with van der Waals surface area (Å²) in [6.07, 6.45) is 0.473. The molecule has 3 aliphatic rings. The number of pyridine rings is 1. The third kappa shape index (κ3) is 4.80. The summed E-state index contributed by atoms with van der Waals surface area (Å²) in [6.45, 7) is 0. The van der Waals surface area contributed by atoms with Gasteiger partial charge in [0.2, 0.25) is 10.0 Å². The summed E-state index contributed by atoms with van der Waals surface area (Å²) in [5.74, 6) is -0.290. The molecule has 1 saturated carbocycles. The smallest absolute Gasteiger partial charge is 0.280 e. The average Bonchev–Trinajstić information content (AvgIpc) is 2.62. The van der Waals surface area contributed by atoms with E-state index >= 15 is 4.39 Å². The van der Waals surface area contributed by atoms with E-state index in [1.807, 2.05) is 0 Å². The highest BCUT2D eigenvalue weighted by Crippen LogP contribution is 2.38. The van der Waals surface area contributed by atoms with Crippen molar-refractivity contribution in [3.8, 4) is 11.3 Å². The van der Waals surface area contributed by atoms with Gasteiger partial charge in [-0.2, -0.15) is 0 Å². The Morgan fingerprint density at radius 1 is 1.20 bits per heavy atom. The molecule has 5 rings (SSSR count). The lowest BCUT2D eigenvalue weighted by Crippen LogP contribution is -2.67. The molecule has 3 heterocycles. The predicted octanol–water partition coefficient (Wildman–Crippen LogP) is 3.46. The first-order valence-electron chi connectivity index (χ1n) is 9.47. The summed E-state index contributed by atoms with van der Waals surface area (Å²) in [7, 11) is -3.40. The summed E-state index contributed by atoms with van der Waals surface area (Å²) in [5, 5.41) is 3.41. The summed E-state index contributed by atoms with van der Waals surface area (Å²) >= 11 is 0. The number of alkyl halides is 2. The summed E-state index contributed by atoms with van der Waals surface area (Å²) in [6, 6.07) is 8.70. The van der Waals surface area contributed by atoms with Crippen molar-refractivity contribution in [3.63, 3.8) is 0 Å². The van der Waals surface area contributed by atoms with Gasteiger partial charge in [-0.3, -0.25) is 0 Å². The second-order valence-electron chi connectivity index (χ2n) is 7.85. The fourth-order valence-corrected chi connectivity index (χ4v) is 5.18. The average molecular weight is 462 g/mol. The number of piperidine rings is 2. The molecule has 1 aromatic heterocycles. The van der Waals surface area contributed by atoms with E-state index in [0.717, 1.165) is 19.1 Å². The number of hydrogen-bond acceptors (Lipinski definition) is 4. The zero-order valence-corrected chi connectivity index (χ0v) is 17.8. The second-order valence-corrected chi connectivity index (χ2v) is 9.63. The second kappa shape index (κ2) is 8.82. The molecule has 0 amide bonds. The van der Waals surface area contributed by atoms with Crippen LogP contribution in [-0.2, 0) is 16.4 Å². The molecule has 3 fully saturated rings. The quantitative estimate of drug-likeness (QED) is 0.691. The minimum Gasteiger partial charge on any atom is -0.309 e. The number of hydrogen-bond donors (Lipinski definition) is 2. The number of fused-ring (bicyclic) bond motifs is 2. The lowest BCUT2D eigenvalue weighted by Gasteiger charge is -2.52. The van der Waals surface area contributed by atoms with Gasteiger partial charge in [-0.1, -0.05) is 18.2 Å². The summed E-state index contributed by atoms with van der Waals surface area (Å²) in [4.78, 5) is 3.88. The van der Waals surface area contributed by atoms with Crippen molar-refractivity contribution in [2.45, 2.75) is 43.8 Å². The van der Waals surface area contributed by atoms with Crippen LogP contribution in [-0.4, -0.2) is 37.8 Å². The largest absolute Gasteiger partial charge is 0.309 e. The number of aromatic nitrogens is 1. The fraction of sp³-hybridized carbons (Fsp3) is 0.450. The Hall–Kier alpha value is -1.68. The van der Waals surface area contributed by atoms with Gasteiger partial charge in [0.15, 0.2) is 0 Å². The van der Waals surface area contributed by atoms with E-state index in [-0.39, 0.29) is 48.1 Å². The highest BCUT2D eigenvalue weighted by Gasteiger charge is 2.46. The highest BCUT2D eigenvalue weighted by atomic mass is 35.5. The van der Waals surface area contributed by atoms with Crippen LogP contribution in [0.15, 0.2) is 36.4 Å². The molecule has 2 saturated heterocycles. The zero-order valence-electron chi connectivity index (χ0n) is 16.2. The van der Waals surface area contributed by atoms with Crippen LogP contribution in [0.25, 0.3) is 11.3 Å². The van der Waals surface area contributed by atoms with E-state index in [9.17, 15) is 17.2 Å². The molecule has 0 unspecified atom stereocenters. The molecule has 5 nitrogen and oxygen atoms in total. The first kappa shape index (κ1) is 23.0. The third-order valence-corrected chi connectivity index (χ3v) is 6.40. The molecule has 0 radical (unpaired) electrons. The first-order valence-corrected chi connectivity index (χ1v) is 11.4. The van der Waals surface area contributed by atoms with Gasteiger partial charge in [0.25, 0.3) is 6.43 Å². The Kier molecular flexibility index (Phi) is 6.76. The molecule has 2 bridgehead atoms. The lowest BCUT2D eigenvalue weighted by molar-refractivity contribution is 0.0809. The Bertz CT molecular complexity index is 1020. The molecule has 2 atom stereocenters. The highest BCUT2D eigenvalue weighted by molar-refractivity contribution is 7.88. The van der Waals surface area contributed by atoms with Crippen LogP contribution in [0.1, 0.15) is 30.5 Å². The van der Waals surface area contributed by atoms with Gasteiger partial charge in [-0.25, -0.2) is 31.3 Å². The third-order valence-electron chi connectivity index (χ3n) is 5.70. The number of rotatable bonds is 6. The van der Waals surface area contributed by atoms with Gasteiger partial charge in [-0.15, -0.1) is 12.4 Å². The van der Waals surface area contributed by atoms with E-state index in [1.165, 1.54) is 24.3 Å². The van der Waals surface area contributed by atoms with Crippen molar-refractivity contribution >= 4 is 22.4 Å². The molecule has 1 aliphatic carbocycles. The number of nitrogens with zero attached hydrogens (tertiary/aromatic N) is 1. The van der Waals surface area contributed by atoms with Crippen molar-refractivity contribution in [2.24, 2.45) is 5.92 Å². The summed E-state index contributed by atoms with van der Waals surface area (Å²) < 4.78 is 67.4. The van der Waals surface area contributed by atoms with Crippen molar-refractivity contribution < 1.29 is 21.6 Å². The van der Waals surface area contributed by atoms with E-state index < -0.39 is 28.0 Å². The molecule has 2 aliphatic heterocycles. The van der Waals surface area contributed by atoms with Gasteiger partial charge < -0.3 is 5.32 Å². The lowest BCUT2D eigenvalue weighted by atomic mass is 9.68. The molecule has 1 aromatic carbocycles. The number of nitrogens with one attached hydrogen (secondary N) is 2. The maximum absolute atomic E-state index is 15.2. The van der Waals surface area contributed by atoms with E-state index in [1.54, 1.807) is 12.1 Å². The molecule has 10 heteroatoms. The van der Waals surface area contributed by atoms with Gasteiger partial charge in [0.1, 0.15) is 11.5 Å². The fourth-order valence-electron chi connectivity index (χ4n) is 4.33. The van der Waals surface area contributed by atoms with Gasteiger partial charge >= 0.3 is 0 Å². The Balaban J connectivity index is 0.00000256. The van der Waals surface area contributed by atoms with E-state index in [2.05, 4.69) is 15.0 Å². The number of benzene rings is 1.